The van der Waals surface area contributed by atoms with Gasteiger partial charge >= 0.3 is 0 Å². The predicted octanol–water partition coefficient (Wildman–Crippen LogP) is 4.94. The van der Waals surface area contributed by atoms with Gasteiger partial charge < -0.3 is 10.5 Å². The Hall–Kier alpha value is -2.87. The maximum atomic E-state index is 14.4. The number of hydrogen-bond acceptors (Lipinski definition) is 5. The fraction of sp³-hybridized carbons (Fsp3) is 0.435. The van der Waals surface area contributed by atoms with Crippen LogP contribution in [-0.4, -0.2) is 45.7 Å². The van der Waals surface area contributed by atoms with Crippen LogP contribution in [0.1, 0.15) is 39.0 Å². The first kappa shape index (κ1) is 28.1. The molecule has 0 aromatic carbocycles. The van der Waals surface area contributed by atoms with Gasteiger partial charge in [0, 0.05) is 26.4 Å². The predicted molar refractivity (Wildman–Crippen MR) is 128 cm³/mol. The Kier molecular flexibility index (Phi) is 17.3. The minimum atomic E-state index is -0.677. The average Bonchev–Trinajstić information content (AvgIpc) is 2.78. The van der Waals surface area contributed by atoms with Crippen molar-refractivity contribution in [3.05, 3.63) is 59.8 Å². The molecule has 0 unspecified atom stereocenters. The van der Waals surface area contributed by atoms with Crippen LogP contribution in [0.15, 0.2) is 74.8 Å². The highest BCUT2D eigenvalue weighted by Gasteiger charge is 2.09. The zero-order chi connectivity index (χ0) is 23.3. The lowest BCUT2D eigenvalue weighted by Gasteiger charge is -2.07. The van der Waals surface area contributed by atoms with Gasteiger partial charge in [-0.05, 0) is 31.3 Å². The third-order valence-corrected chi connectivity index (χ3v) is 3.83. The highest BCUT2D eigenvalue weighted by molar-refractivity contribution is 5.95. The van der Waals surface area contributed by atoms with E-state index in [0.29, 0.717) is 31.6 Å². The Balaban J connectivity index is 4.68. The molecule has 0 fully saturated rings. The summed E-state index contributed by atoms with van der Waals surface area (Å²) in [5.41, 5.74) is 9.43. The second-order valence-electron chi connectivity index (χ2n) is 6.41. The molecule has 6 nitrogen and oxygen atoms in total. The van der Waals surface area contributed by atoms with Gasteiger partial charge in [0.15, 0.2) is 11.7 Å². The van der Waals surface area contributed by atoms with Crippen molar-refractivity contribution in [2.45, 2.75) is 39.0 Å². The molecule has 0 heterocycles. The van der Waals surface area contributed by atoms with Crippen molar-refractivity contribution in [3.8, 4) is 0 Å². The molecule has 0 amide bonds. The lowest BCUT2D eigenvalue weighted by Crippen LogP contribution is -2.14. The van der Waals surface area contributed by atoms with Crippen molar-refractivity contribution in [1.82, 2.24) is 5.43 Å². The minimum absolute atomic E-state index is 0.152. The zero-order valence-corrected chi connectivity index (χ0v) is 18.6. The van der Waals surface area contributed by atoms with E-state index in [2.05, 4.69) is 46.8 Å². The van der Waals surface area contributed by atoms with E-state index in [0.717, 1.165) is 12.0 Å². The van der Waals surface area contributed by atoms with Crippen LogP contribution in [-0.2, 0) is 4.74 Å². The number of allylic oxidation sites excluding steroid dienone is 6. The molecular formula is C23H35F2N5O. The van der Waals surface area contributed by atoms with Crippen LogP contribution >= 0.6 is 0 Å². The van der Waals surface area contributed by atoms with E-state index in [1.807, 2.05) is 18.2 Å². The first-order chi connectivity index (χ1) is 15.0. The first-order valence-corrected chi connectivity index (χ1v) is 10.2. The molecule has 0 spiro atoms. The molecule has 0 rings (SSSR count). The molecule has 0 saturated heterocycles. The number of alkyl halides is 1. The van der Waals surface area contributed by atoms with Crippen LogP contribution in [0.4, 0.5) is 8.78 Å². The summed E-state index contributed by atoms with van der Waals surface area (Å²) in [4.78, 5) is 7.84. The highest BCUT2D eigenvalue weighted by Crippen LogP contribution is 2.14. The summed E-state index contributed by atoms with van der Waals surface area (Å²) >= 11 is 0. The smallest absolute Gasteiger partial charge is 0.186 e. The topological polar surface area (TPSA) is 84.4 Å². The summed E-state index contributed by atoms with van der Waals surface area (Å²) in [5.74, 6) is -0.896. The minimum Gasteiger partial charge on any atom is -0.382 e. The molecule has 0 saturated carbocycles. The molecule has 0 aliphatic heterocycles. The molecule has 3 N–H and O–H groups in total. The normalized spacial score (nSPS) is 13.9. The number of hydrogen-bond donors (Lipinski definition) is 2. The molecule has 172 valence electrons. The maximum absolute atomic E-state index is 14.4. The van der Waals surface area contributed by atoms with E-state index in [4.69, 9.17) is 10.5 Å². The summed E-state index contributed by atoms with van der Waals surface area (Å²) < 4.78 is 32.7. The summed E-state index contributed by atoms with van der Waals surface area (Å²) in [6.07, 6.45) is 14.2. The van der Waals surface area contributed by atoms with Crippen LogP contribution in [0.2, 0.25) is 0 Å². The van der Waals surface area contributed by atoms with Gasteiger partial charge in [-0.25, -0.2) is 8.78 Å². The summed E-state index contributed by atoms with van der Waals surface area (Å²) in [6, 6.07) is 0. The molecule has 31 heavy (non-hydrogen) atoms. The number of nitrogens with two attached hydrogens (primary N) is 1. The molecule has 0 bridgehead atoms. The molecule has 0 aliphatic rings. The van der Waals surface area contributed by atoms with Crippen LogP contribution in [0.5, 0.6) is 0 Å². The number of halogens is 2. The third kappa shape index (κ3) is 14.7. The quantitative estimate of drug-likeness (QED) is 0.0847. The van der Waals surface area contributed by atoms with E-state index in [9.17, 15) is 8.78 Å². The van der Waals surface area contributed by atoms with Crippen molar-refractivity contribution >= 4 is 18.8 Å². The highest BCUT2D eigenvalue weighted by atomic mass is 19.1. The van der Waals surface area contributed by atoms with Crippen molar-refractivity contribution in [2.75, 3.05) is 26.9 Å². The second kappa shape index (κ2) is 19.1. The fourth-order valence-corrected chi connectivity index (χ4v) is 2.19. The van der Waals surface area contributed by atoms with Gasteiger partial charge in [-0.2, -0.15) is 5.10 Å². The van der Waals surface area contributed by atoms with Gasteiger partial charge in [-0.1, -0.05) is 43.9 Å². The number of ether oxygens (including phenoxy) is 1. The van der Waals surface area contributed by atoms with Crippen LogP contribution in [0, 0.1) is 0 Å². The first-order valence-electron chi connectivity index (χ1n) is 10.2. The van der Waals surface area contributed by atoms with Gasteiger partial charge in [0.05, 0.1) is 24.6 Å². The van der Waals surface area contributed by atoms with Crippen molar-refractivity contribution in [1.29, 1.82) is 0 Å². The largest absolute Gasteiger partial charge is 0.382 e. The summed E-state index contributed by atoms with van der Waals surface area (Å²) in [6.45, 7) is 9.25. The molecule has 8 heteroatoms. The van der Waals surface area contributed by atoms with E-state index in [1.165, 1.54) is 7.05 Å². The number of nitrogens with one attached hydrogen (secondary N) is 1. The molecule has 0 aromatic heterocycles. The third-order valence-electron chi connectivity index (χ3n) is 3.83. The standard InChI is InChI=1S/C23H35F2N5O/c1-5-6-7-8-9-12-19(2)18-31-16-14-21(22(25)23(26)27-3)29-15-11-10-13-20(17-24)30-28-4/h6-9,13,15,30H,2,4-5,10-12,14,16-18H2,1,3H3,(H2,26,27)/b7-6-,9-8-,20-13-,22-21+,29-15+. The maximum Gasteiger partial charge on any atom is 0.186 e. The SMILES string of the molecule is C=NN/C(=C\CC/C=N/C(CCOCC(=C)C/C=C\C=C/CC)=C(F)\C(N)=N/C)CF. The van der Waals surface area contributed by atoms with E-state index < -0.39 is 12.5 Å². The van der Waals surface area contributed by atoms with Gasteiger partial charge in [0.1, 0.15) is 6.67 Å². The number of rotatable bonds is 17. The Labute approximate surface area is 184 Å². The zero-order valence-electron chi connectivity index (χ0n) is 18.6. The lowest BCUT2D eigenvalue weighted by molar-refractivity contribution is 0.158. The average molecular weight is 436 g/mol. The van der Waals surface area contributed by atoms with Gasteiger partial charge in [-0.3, -0.25) is 15.4 Å². The van der Waals surface area contributed by atoms with Gasteiger partial charge in [0.2, 0.25) is 0 Å². The Morgan fingerprint density at radius 2 is 1.97 bits per heavy atom. The van der Waals surface area contributed by atoms with Gasteiger partial charge in [-0.15, -0.1) is 0 Å². The number of nitrogens with zero attached hydrogens (tertiary/aromatic N) is 3. The van der Waals surface area contributed by atoms with Crippen LogP contribution < -0.4 is 11.2 Å². The van der Waals surface area contributed by atoms with Crippen LogP contribution in [0.25, 0.3) is 0 Å². The van der Waals surface area contributed by atoms with E-state index in [-0.39, 0.29) is 24.6 Å². The Morgan fingerprint density at radius 1 is 1.23 bits per heavy atom. The monoisotopic (exact) mass is 435 g/mol. The summed E-state index contributed by atoms with van der Waals surface area (Å²) in [7, 11) is 1.41. The van der Waals surface area contributed by atoms with Crippen molar-refractivity contribution < 1.29 is 13.5 Å². The molecule has 0 atom stereocenters. The lowest BCUT2D eigenvalue weighted by atomic mass is 10.2. The van der Waals surface area contributed by atoms with Crippen molar-refractivity contribution in [2.24, 2.45) is 20.8 Å². The molecule has 0 aliphatic carbocycles. The number of hydrazone groups is 1. The molecule has 0 aromatic rings. The summed E-state index contributed by atoms with van der Waals surface area (Å²) in [5, 5.41) is 3.42. The molecular weight excluding hydrogens is 400 g/mol. The number of aliphatic imine (C=N–C) groups is 2. The van der Waals surface area contributed by atoms with E-state index in [1.54, 1.807) is 12.3 Å². The van der Waals surface area contributed by atoms with E-state index >= 15 is 0 Å². The fourth-order valence-electron chi connectivity index (χ4n) is 2.19. The molecule has 0 radical (unpaired) electrons. The number of amidine groups is 1. The van der Waals surface area contributed by atoms with Gasteiger partial charge in [0.25, 0.3) is 0 Å². The second-order valence-corrected chi connectivity index (χ2v) is 6.41. The van der Waals surface area contributed by atoms with Crippen LogP contribution in [0.3, 0.4) is 0 Å². The Morgan fingerprint density at radius 3 is 2.61 bits per heavy atom. The Bertz CT molecular complexity index is 721. The van der Waals surface area contributed by atoms with Crippen molar-refractivity contribution in [3.63, 3.8) is 0 Å². The number of unbranched alkanes of at least 4 members (excludes halogenated alkanes) is 1.